The fraction of sp³-hybridized carbons (Fsp3) is 0.636. The first-order valence-electron chi connectivity index (χ1n) is 21.7. The van der Waals surface area contributed by atoms with Gasteiger partial charge < -0.3 is 19.7 Å². The van der Waals surface area contributed by atoms with Gasteiger partial charge in [0.05, 0.1) is 29.2 Å². The number of carbonyl (C=O) groups excluding carboxylic acids is 4. The summed E-state index contributed by atoms with van der Waals surface area (Å²) in [6.45, 7) is 9.34. The molecule has 3 amide bonds. The van der Waals surface area contributed by atoms with E-state index in [9.17, 15) is 27.6 Å². The molecule has 2 aliphatic heterocycles. The van der Waals surface area contributed by atoms with Gasteiger partial charge in [-0.25, -0.2) is 14.5 Å². The molecule has 7 rings (SSSR count). The molecular formula is C44H61N7O8S2. The molecule has 4 aliphatic rings. The second-order valence-electron chi connectivity index (χ2n) is 18.7. The first-order chi connectivity index (χ1) is 28.9. The Bertz CT molecular complexity index is 2270. The Kier molecular flexibility index (Phi) is 13.0. The number of nitrogens with one attached hydrogen (secondary N) is 2. The van der Waals surface area contributed by atoms with Crippen LogP contribution in [0, 0.1) is 11.3 Å². The van der Waals surface area contributed by atoms with E-state index < -0.39 is 57.3 Å². The Morgan fingerprint density at radius 3 is 2.48 bits per heavy atom. The number of thiazole rings is 1. The molecule has 61 heavy (non-hydrogen) atoms. The van der Waals surface area contributed by atoms with Crippen LogP contribution in [0.1, 0.15) is 129 Å². The highest BCUT2D eigenvalue weighted by atomic mass is 32.2. The predicted molar refractivity (Wildman–Crippen MR) is 233 cm³/mol. The number of benzene rings is 1. The average molecular weight is 880 g/mol. The first kappa shape index (κ1) is 44.7. The van der Waals surface area contributed by atoms with Gasteiger partial charge in [0.2, 0.25) is 11.8 Å². The normalized spacial score (nSPS) is 26.1. The van der Waals surface area contributed by atoms with Crippen molar-refractivity contribution in [1.82, 2.24) is 33.8 Å². The maximum absolute atomic E-state index is 14.7. The van der Waals surface area contributed by atoms with Crippen LogP contribution in [-0.2, 0) is 29.3 Å². The minimum absolute atomic E-state index is 0.0185. The van der Waals surface area contributed by atoms with Crippen LogP contribution in [0.3, 0.4) is 0 Å². The SMILES string of the molecule is CC(C)n1c(O[C@@H]2C[C@H]3C(=O)C[C@]4(C(=O)NS(=O)(=O)N(C)C)C[C@H]4/C=C\CCCCC[C@H](NC(=O)OC(C)(C)C)C(=O)N3C2)nc2c(-c3nc(C4CCCC4)cs3)cccc21. The monoisotopic (exact) mass is 879 g/mol. The van der Waals surface area contributed by atoms with Gasteiger partial charge >= 0.3 is 16.3 Å². The van der Waals surface area contributed by atoms with Gasteiger partial charge in [0.25, 0.3) is 6.01 Å². The highest BCUT2D eigenvalue weighted by Crippen LogP contribution is 2.57. The van der Waals surface area contributed by atoms with Crippen molar-refractivity contribution < 1.29 is 37.1 Å². The predicted octanol–water partition coefficient (Wildman–Crippen LogP) is 7.05. The molecule has 0 bridgehead atoms. The molecular weight excluding hydrogens is 819 g/mol. The third-order valence-corrected chi connectivity index (χ3v) is 14.7. The number of allylic oxidation sites excluding steroid dienone is 2. The fourth-order valence-electron chi connectivity index (χ4n) is 9.07. The van der Waals surface area contributed by atoms with Crippen LogP contribution >= 0.6 is 11.3 Å². The quantitative estimate of drug-likeness (QED) is 0.212. The van der Waals surface area contributed by atoms with Crippen LogP contribution < -0.4 is 14.8 Å². The molecule has 0 spiro atoms. The summed E-state index contributed by atoms with van der Waals surface area (Å²) < 4.78 is 43.1. The summed E-state index contributed by atoms with van der Waals surface area (Å²) in [7, 11) is -1.49. The van der Waals surface area contributed by atoms with E-state index in [0.717, 1.165) is 57.3 Å². The van der Waals surface area contributed by atoms with Gasteiger partial charge in [-0.15, -0.1) is 11.3 Å². The molecule has 1 aromatic carbocycles. The number of Topliss-reactive ketones (excluding diaryl/α,β-unsaturated/α-hetero) is 1. The molecule has 2 saturated carbocycles. The number of hydrogen-bond acceptors (Lipinski definition) is 11. The molecule has 4 heterocycles. The first-order valence-corrected chi connectivity index (χ1v) is 24.1. The van der Waals surface area contributed by atoms with Gasteiger partial charge in [-0.3, -0.25) is 19.0 Å². The van der Waals surface area contributed by atoms with Crippen molar-refractivity contribution in [3.8, 4) is 16.6 Å². The Labute approximate surface area is 363 Å². The van der Waals surface area contributed by atoms with Gasteiger partial charge in [0.15, 0.2) is 5.78 Å². The summed E-state index contributed by atoms with van der Waals surface area (Å²) in [6, 6.07) is 4.30. The maximum atomic E-state index is 14.7. The molecule has 2 N–H and O–H groups in total. The fourth-order valence-corrected chi connectivity index (χ4v) is 10.6. The van der Waals surface area contributed by atoms with E-state index in [0.29, 0.717) is 31.2 Å². The van der Waals surface area contributed by atoms with E-state index in [2.05, 4.69) is 15.4 Å². The van der Waals surface area contributed by atoms with E-state index in [4.69, 9.17) is 19.4 Å². The second kappa shape index (κ2) is 17.8. The molecule has 332 valence electrons. The molecule has 0 unspecified atom stereocenters. The van der Waals surface area contributed by atoms with Crippen molar-refractivity contribution in [1.29, 1.82) is 0 Å². The third kappa shape index (κ3) is 9.83. The van der Waals surface area contributed by atoms with Crippen molar-refractivity contribution in [3.05, 3.63) is 41.4 Å². The van der Waals surface area contributed by atoms with Crippen molar-refractivity contribution >= 4 is 56.3 Å². The summed E-state index contributed by atoms with van der Waals surface area (Å²) in [6.07, 6.45) is 10.6. The van der Waals surface area contributed by atoms with Crippen LogP contribution in [0.25, 0.3) is 21.6 Å². The number of nitrogens with zero attached hydrogens (tertiary/aromatic N) is 5. The number of imidazole rings is 1. The highest BCUT2D eigenvalue weighted by molar-refractivity contribution is 7.87. The van der Waals surface area contributed by atoms with E-state index in [1.54, 1.807) is 32.1 Å². The molecule has 3 fully saturated rings. The van der Waals surface area contributed by atoms with Crippen LogP contribution in [0.5, 0.6) is 6.01 Å². The molecule has 15 nitrogen and oxygen atoms in total. The highest BCUT2D eigenvalue weighted by Gasteiger charge is 2.61. The number of ether oxygens (including phenoxy) is 2. The minimum Gasteiger partial charge on any atom is -0.459 e. The average Bonchev–Trinajstić information content (AvgIpc) is 3.78. The number of ketones is 1. The lowest BCUT2D eigenvalue weighted by Gasteiger charge is -2.30. The zero-order valence-electron chi connectivity index (χ0n) is 36.4. The molecule has 1 saturated heterocycles. The van der Waals surface area contributed by atoms with E-state index in [1.165, 1.54) is 31.8 Å². The molecule has 2 aliphatic carbocycles. The second-order valence-corrected chi connectivity index (χ2v) is 21.4. The number of alkyl carbamates (subject to hydrolysis) is 1. The van der Waals surface area contributed by atoms with Gasteiger partial charge in [0, 0.05) is 49.8 Å². The van der Waals surface area contributed by atoms with Crippen molar-refractivity contribution in [2.45, 2.75) is 147 Å². The molecule has 5 atom stereocenters. The number of fused-ring (bicyclic) bond motifs is 3. The van der Waals surface area contributed by atoms with E-state index in [-0.39, 0.29) is 43.6 Å². The van der Waals surface area contributed by atoms with Crippen molar-refractivity contribution in [2.24, 2.45) is 11.3 Å². The van der Waals surface area contributed by atoms with Crippen molar-refractivity contribution in [3.63, 3.8) is 0 Å². The van der Waals surface area contributed by atoms with Gasteiger partial charge in [-0.05, 0) is 91.2 Å². The Balaban J connectivity index is 1.22. The van der Waals surface area contributed by atoms with E-state index in [1.807, 2.05) is 48.8 Å². The zero-order chi connectivity index (χ0) is 43.9. The van der Waals surface area contributed by atoms with Crippen LogP contribution in [0.15, 0.2) is 35.7 Å². The number of hydrogen-bond donors (Lipinski definition) is 2. The Morgan fingerprint density at radius 1 is 1.03 bits per heavy atom. The lowest BCUT2D eigenvalue weighted by molar-refractivity contribution is -0.140. The number of rotatable bonds is 9. The number of amides is 3. The molecule has 3 aromatic rings. The summed E-state index contributed by atoms with van der Waals surface area (Å²) >= 11 is 1.62. The largest absolute Gasteiger partial charge is 0.459 e. The molecule has 17 heteroatoms. The van der Waals surface area contributed by atoms with Crippen molar-refractivity contribution in [2.75, 3.05) is 20.6 Å². The third-order valence-electron chi connectivity index (χ3n) is 12.4. The summed E-state index contributed by atoms with van der Waals surface area (Å²) in [4.78, 5) is 68.1. The van der Waals surface area contributed by atoms with Gasteiger partial charge in [0.1, 0.15) is 28.3 Å². The topological polar surface area (TPSA) is 182 Å². The lowest BCUT2D eigenvalue weighted by atomic mass is 9.91. The maximum Gasteiger partial charge on any atom is 0.408 e. The standard InChI is InChI=1S/C44H61N7O8S2/c1-27(2)51-34-21-15-19-31(38-45-33(26-60-38)28-16-13-14-17-28)37(34)47-41(51)58-30-22-35-36(52)24-44(40(54)48-61(56,57)49(6)7)23-29(44)18-11-9-8-10-12-20-32(39(53)50(35)25-30)46-42(55)59-43(3,4)5/h11,15,18-19,21,26-30,32,35H,8-10,12-14,16-17,20,22-25H2,1-7H3,(H,46,55)(H,48,54)/b18-11-/t29-,30-,32+,35+,44-/m1/s1. The lowest BCUT2D eigenvalue weighted by Crippen LogP contribution is -2.53. The minimum atomic E-state index is -4.14. The zero-order valence-corrected chi connectivity index (χ0v) is 38.1. The smallest absolute Gasteiger partial charge is 0.408 e. The van der Waals surface area contributed by atoms with Crippen LogP contribution in [0.2, 0.25) is 0 Å². The van der Waals surface area contributed by atoms with Crippen LogP contribution in [0.4, 0.5) is 4.79 Å². The summed E-state index contributed by atoms with van der Waals surface area (Å²) in [5.74, 6) is -1.47. The molecule has 2 aromatic heterocycles. The number of aromatic nitrogens is 3. The summed E-state index contributed by atoms with van der Waals surface area (Å²) in [5.41, 5.74) is 1.53. The summed E-state index contributed by atoms with van der Waals surface area (Å²) in [5, 5.41) is 5.85. The van der Waals surface area contributed by atoms with Crippen LogP contribution in [-0.4, -0.2) is 100 Å². The number of para-hydroxylation sites is 1. The van der Waals surface area contributed by atoms with E-state index >= 15 is 0 Å². The van der Waals surface area contributed by atoms with Gasteiger partial charge in [-0.1, -0.05) is 43.9 Å². The van der Waals surface area contributed by atoms with Gasteiger partial charge in [-0.2, -0.15) is 17.7 Å². The molecule has 0 radical (unpaired) electrons. The Hall–Kier alpha value is -4.35. The Morgan fingerprint density at radius 2 is 1.77 bits per heavy atom. The number of carbonyl (C=O) groups is 4.